The van der Waals surface area contributed by atoms with Crippen molar-refractivity contribution >= 4 is 16.8 Å². The number of aryl methyl sites for hydroxylation is 1. The van der Waals surface area contributed by atoms with Crippen molar-refractivity contribution in [2.24, 2.45) is 0 Å². The van der Waals surface area contributed by atoms with Gasteiger partial charge in [0.2, 0.25) is 5.91 Å². The SMILES string of the molecule is CCN(CC)C(CNC(=O)CCn1c(=O)[nH]c(=O)c2ccccc21)c1cccc(OC)c1. The van der Waals surface area contributed by atoms with E-state index in [-0.39, 0.29) is 24.9 Å². The van der Waals surface area contributed by atoms with E-state index in [0.717, 1.165) is 24.4 Å². The summed E-state index contributed by atoms with van der Waals surface area (Å²) in [5.74, 6) is 0.613. The summed E-state index contributed by atoms with van der Waals surface area (Å²) >= 11 is 0. The first-order valence-corrected chi connectivity index (χ1v) is 10.8. The number of methoxy groups -OCH3 is 1. The maximum absolute atomic E-state index is 12.6. The van der Waals surface area contributed by atoms with Crippen LogP contribution in [0.25, 0.3) is 10.9 Å². The van der Waals surface area contributed by atoms with Crippen molar-refractivity contribution in [3.8, 4) is 5.75 Å². The molecule has 170 valence electrons. The molecule has 3 aromatic rings. The van der Waals surface area contributed by atoms with E-state index in [1.807, 2.05) is 24.3 Å². The highest BCUT2D eigenvalue weighted by Gasteiger charge is 2.19. The van der Waals surface area contributed by atoms with Gasteiger partial charge in [-0.05, 0) is 42.9 Å². The number of carbonyl (C=O) groups is 1. The molecule has 2 N–H and O–H groups in total. The van der Waals surface area contributed by atoms with Gasteiger partial charge in [-0.1, -0.05) is 38.1 Å². The fraction of sp³-hybridized carbons (Fsp3) is 0.375. The fourth-order valence-corrected chi connectivity index (χ4v) is 3.95. The molecule has 0 fully saturated rings. The number of nitrogens with zero attached hydrogens (tertiary/aromatic N) is 2. The number of benzene rings is 2. The van der Waals surface area contributed by atoms with Crippen LogP contribution in [0.5, 0.6) is 5.75 Å². The van der Waals surface area contributed by atoms with Gasteiger partial charge >= 0.3 is 5.69 Å². The molecule has 0 aliphatic rings. The molecule has 1 atom stereocenters. The van der Waals surface area contributed by atoms with Crippen LogP contribution < -0.4 is 21.3 Å². The predicted molar refractivity (Wildman–Crippen MR) is 125 cm³/mol. The number of hydrogen-bond donors (Lipinski definition) is 2. The molecule has 1 amide bonds. The van der Waals surface area contributed by atoms with Crippen LogP contribution in [0.15, 0.2) is 58.1 Å². The molecule has 2 aromatic carbocycles. The molecular formula is C24H30N4O4. The van der Waals surface area contributed by atoms with Gasteiger partial charge in [0, 0.05) is 19.5 Å². The molecule has 0 saturated carbocycles. The molecule has 32 heavy (non-hydrogen) atoms. The van der Waals surface area contributed by atoms with Gasteiger partial charge in [0.25, 0.3) is 5.56 Å². The van der Waals surface area contributed by atoms with E-state index in [1.165, 1.54) is 4.57 Å². The summed E-state index contributed by atoms with van der Waals surface area (Å²) in [6.45, 7) is 6.48. The second kappa shape index (κ2) is 10.8. The Morgan fingerprint density at radius 2 is 1.88 bits per heavy atom. The topological polar surface area (TPSA) is 96.4 Å². The quantitative estimate of drug-likeness (QED) is 0.506. The van der Waals surface area contributed by atoms with E-state index in [9.17, 15) is 14.4 Å². The Morgan fingerprint density at radius 3 is 2.59 bits per heavy atom. The largest absolute Gasteiger partial charge is 0.497 e. The van der Waals surface area contributed by atoms with Crippen LogP contribution in [0.1, 0.15) is 31.9 Å². The van der Waals surface area contributed by atoms with Gasteiger partial charge in [-0.3, -0.25) is 24.0 Å². The van der Waals surface area contributed by atoms with E-state index >= 15 is 0 Å². The number of aromatic amines is 1. The number of fused-ring (bicyclic) bond motifs is 1. The average molecular weight is 439 g/mol. The van der Waals surface area contributed by atoms with Crippen molar-refractivity contribution in [3.63, 3.8) is 0 Å². The Bertz CT molecular complexity index is 1180. The highest BCUT2D eigenvalue weighted by molar-refractivity contribution is 5.78. The number of hydrogen-bond acceptors (Lipinski definition) is 5. The molecule has 3 rings (SSSR count). The van der Waals surface area contributed by atoms with E-state index in [0.29, 0.717) is 17.4 Å². The molecule has 0 aliphatic heterocycles. The lowest BCUT2D eigenvalue weighted by atomic mass is 10.0. The predicted octanol–water partition coefficient (Wildman–Crippen LogP) is 2.29. The Hall–Kier alpha value is -3.39. The molecule has 0 bridgehead atoms. The zero-order valence-electron chi connectivity index (χ0n) is 18.8. The normalized spacial score (nSPS) is 12.1. The van der Waals surface area contributed by atoms with Crippen LogP contribution in [-0.2, 0) is 11.3 Å². The number of likely N-dealkylation sites (N-methyl/N-ethyl adjacent to an activating group) is 1. The second-order valence-corrected chi connectivity index (χ2v) is 7.50. The summed E-state index contributed by atoms with van der Waals surface area (Å²) in [5.41, 5.74) is 0.646. The Kier molecular flexibility index (Phi) is 7.83. The fourth-order valence-electron chi connectivity index (χ4n) is 3.95. The van der Waals surface area contributed by atoms with Gasteiger partial charge in [0.1, 0.15) is 5.75 Å². The molecule has 0 saturated heterocycles. The minimum absolute atomic E-state index is 0.000632. The van der Waals surface area contributed by atoms with Crippen molar-refractivity contribution in [2.45, 2.75) is 32.9 Å². The summed E-state index contributed by atoms with van der Waals surface area (Å²) in [4.78, 5) is 41.5. The van der Waals surface area contributed by atoms with Crippen LogP contribution in [0.3, 0.4) is 0 Å². The van der Waals surface area contributed by atoms with Gasteiger partial charge in [-0.15, -0.1) is 0 Å². The van der Waals surface area contributed by atoms with Crippen LogP contribution in [-0.4, -0.2) is 47.1 Å². The molecule has 8 heteroatoms. The molecule has 1 unspecified atom stereocenters. The maximum atomic E-state index is 12.6. The molecular weight excluding hydrogens is 408 g/mol. The lowest BCUT2D eigenvalue weighted by Crippen LogP contribution is -2.38. The van der Waals surface area contributed by atoms with Crippen LogP contribution in [0, 0.1) is 0 Å². The highest BCUT2D eigenvalue weighted by Crippen LogP contribution is 2.23. The molecule has 1 heterocycles. The lowest BCUT2D eigenvalue weighted by molar-refractivity contribution is -0.121. The van der Waals surface area contributed by atoms with Crippen LogP contribution >= 0.6 is 0 Å². The minimum Gasteiger partial charge on any atom is -0.497 e. The Labute approximate surface area is 186 Å². The first-order valence-electron chi connectivity index (χ1n) is 10.8. The highest BCUT2D eigenvalue weighted by atomic mass is 16.5. The Morgan fingerprint density at radius 1 is 1.12 bits per heavy atom. The standard InChI is InChI=1S/C24H30N4O4/c1-4-27(5-2)21(17-9-8-10-18(15-17)32-3)16-25-22(29)13-14-28-20-12-7-6-11-19(20)23(30)26-24(28)31/h6-12,15,21H,4-5,13-14,16H2,1-3H3,(H,25,29)(H,26,30,31). The zero-order chi connectivity index (χ0) is 23.1. The number of nitrogens with one attached hydrogen (secondary N) is 2. The molecule has 0 aliphatic carbocycles. The molecule has 8 nitrogen and oxygen atoms in total. The third kappa shape index (κ3) is 5.26. The summed E-state index contributed by atoms with van der Waals surface area (Å²) in [6.07, 6.45) is 0.124. The first-order chi connectivity index (χ1) is 15.5. The first kappa shape index (κ1) is 23.3. The van der Waals surface area contributed by atoms with Crippen molar-refractivity contribution in [1.29, 1.82) is 0 Å². The number of rotatable bonds is 10. The lowest BCUT2D eigenvalue weighted by Gasteiger charge is -2.30. The van der Waals surface area contributed by atoms with E-state index in [1.54, 1.807) is 31.4 Å². The third-order valence-corrected chi connectivity index (χ3v) is 5.69. The van der Waals surface area contributed by atoms with E-state index in [2.05, 4.69) is 29.0 Å². The van der Waals surface area contributed by atoms with Gasteiger partial charge in [-0.25, -0.2) is 4.79 Å². The summed E-state index contributed by atoms with van der Waals surface area (Å²) in [5, 5.41) is 3.43. The van der Waals surface area contributed by atoms with Crippen molar-refractivity contribution in [2.75, 3.05) is 26.7 Å². The number of amides is 1. The van der Waals surface area contributed by atoms with Gasteiger partial charge in [-0.2, -0.15) is 0 Å². The second-order valence-electron chi connectivity index (χ2n) is 7.50. The molecule has 0 radical (unpaired) electrons. The number of H-pyrrole nitrogens is 1. The smallest absolute Gasteiger partial charge is 0.328 e. The molecule has 0 spiro atoms. The summed E-state index contributed by atoms with van der Waals surface area (Å²) in [7, 11) is 1.63. The van der Waals surface area contributed by atoms with Crippen molar-refractivity contribution < 1.29 is 9.53 Å². The number of aromatic nitrogens is 2. The van der Waals surface area contributed by atoms with Gasteiger partial charge in [0.15, 0.2) is 0 Å². The molecule has 1 aromatic heterocycles. The number of carbonyl (C=O) groups excluding carboxylic acids is 1. The maximum Gasteiger partial charge on any atom is 0.328 e. The van der Waals surface area contributed by atoms with Gasteiger partial charge in [0.05, 0.1) is 24.1 Å². The van der Waals surface area contributed by atoms with Crippen molar-refractivity contribution in [3.05, 3.63) is 74.9 Å². The van der Waals surface area contributed by atoms with E-state index < -0.39 is 11.2 Å². The summed E-state index contributed by atoms with van der Waals surface area (Å²) < 4.78 is 6.79. The number of para-hydroxylation sites is 1. The van der Waals surface area contributed by atoms with E-state index in [4.69, 9.17) is 4.74 Å². The zero-order valence-corrected chi connectivity index (χ0v) is 18.8. The Balaban J connectivity index is 1.72. The van der Waals surface area contributed by atoms with Crippen LogP contribution in [0.2, 0.25) is 0 Å². The monoisotopic (exact) mass is 438 g/mol. The van der Waals surface area contributed by atoms with Crippen LogP contribution in [0.4, 0.5) is 0 Å². The minimum atomic E-state index is -0.515. The third-order valence-electron chi connectivity index (χ3n) is 5.69. The number of ether oxygens (including phenoxy) is 1. The van der Waals surface area contributed by atoms with Crippen molar-refractivity contribution in [1.82, 2.24) is 19.8 Å². The van der Waals surface area contributed by atoms with Gasteiger partial charge < -0.3 is 10.1 Å². The summed E-state index contributed by atoms with van der Waals surface area (Å²) in [6, 6.07) is 14.7. The average Bonchev–Trinajstić information content (AvgIpc) is 2.81.